The summed E-state index contributed by atoms with van der Waals surface area (Å²) >= 11 is 0. The number of amides is 2. The topological polar surface area (TPSA) is 101 Å². The Morgan fingerprint density at radius 2 is 1.74 bits per heavy atom. The van der Waals surface area contributed by atoms with Gasteiger partial charge in [0, 0.05) is 19.5 Å². The fraction of sp³-hybridized carbons (Fsp3) is 0.516. The van der Waals surface area contributed by atoms with Crippen molar-refractivity contribution in [3.63, 3.8) is 0 Å². The van der Waals surface area contributed by atoms with Gasteiger partial charge >= 0.3 is 0 Å². The average Bonchev–Trinajstić information content (AvgIpc) is 3.46. The Morgan fingerprint density at radius 3 is 2.31 bits per heavy atom. The van der Waals surface area contributed by atoms with Crippen molar-refractivity contribution in [2.45, 2.75) is 70.4 Å². The van der Waals surface area contributed by atoms with Crippen LogP contribution in [0.1, 0.15) is 63.5 Å². The molecule has 2 amide bonds. The van der Waals surface area contributed by atoms with E-state index in [0.29, 0.717) is 49.5 Å². The van der Waals surface area contributed by atoms with Crippen LogP contribution in [0.2, 0.25) is 0 Å². The van der Waals surface area contributed by atoms with Gasteiger partial charge in [-0.25, -0.2) is 0 Å². The molecule has 2 aromatic carbocycles. The number of nitrogens with one attached hydrogen (secondary N) is 1. The molecule has 8 nitrogen and oxygen atoms in total. The highest BCUT2D eigenvalue weighted by atomic mass is 16.5. The molecule has 1 N–H and O–H groups in total. The molecule has 0 unspecified atom stereocenters. The lowest BCUT2D eigenvalue weighted by molar-refractivity contribution is -0.138. The summed E-state index contributed by atoms with van der Waals surface area (Å²) in [5.74, 6) is 1.51. The Morgan fingerprint density at radius 1 is 1.08 bits per heavy atom. The van der Waals surface area contributed by atoms with Gasteiger partial charge in [-0.15, -0.1) is 0 Å². The van der Waals surface area contributed by atoms with Gasteiger partial charge in [0.05, 0.1) is 32.8 Å². The van der Waals surface area contributed by atoms with Gasteiger partial charge in [-0.3, -0.25) is 9.59 Å². The Hall–Kier alpha value is -3.73. The maximum atomic E-state index is 13.1. The summed E-state index contributed by atoms with van der Waals surface area (Å²) in [6.07, 6.45) is 3.94. The van der Waals surface area contributed by atoms with Crippen molar-refractivity contribution < 1.29 is 23.8 Å². The first-order valence-corrected chi connectivity index (χ1v) is 13.6. The van der Waals surface area contributed by atoms with Crippen LogP contribution in [0.25, 0.3) is 0 Å². The third-order valence-corrected chi connectivity index (χ3v) is 7.75. The minimum atomic E-state index is -0.576. The maximum Gasteiger partial charge on any atom is 0.243 e. The van der Waals surface area contributed by atoms with Crippen LogP contribution >= 0.6 is 0 Å². The molecule has 0 bridgehead atoms. The molecule has 210 valence electrons. The zero-order chi connectivity index (χ0) is 28.4. The highest BCUT2D eigenvalue weighted by molar-refractivity contribution is 5.88. The van der Waals surface area contributed by atoms with E-state index in [9.17, 15) is 14.9 Å². The number of nitriles is 1. The number of ether oxygens (including phenoxy) is 3. The lowest BCUT2D eigenvalue weighted by Crippen LogP contribution is -2.45. The van der Waals surface area contributed by atoms with Crippen LogP contribution in [0.5, 0.6) is 17.2 Å². The minimum Gasteiger partial charge on any atom is -0.493 e. The van der Waals surface area contributed by atoms with Crippen molar-refractivity contribution >= 4 is 11.8 Å². The molecule has 0 spiro atoms. The Kier molecular flexibility index (Phi) is 10.6. The van der Waals surface area contributed by atoms with Gasteiger partial charge in [-0.1, -0.05) is 50.6 Å². The van der Waals surface area contributed by atoms with E-state index in [1.807, 2.05) is 30.3 Å². The van der Waals surface area contributed by atoms with Crippen molar-refractivity contribution in [2.24, 2.45) is 5.92 Å². The first-order chi connectivity index (χ1) is 18.8. The molecule has 0 saturated carbocycles. The first-order valence-electron chi connectivity index (χ1n) is 13.6. The van der Waals surface area contributed by atoms with Crippen molar-refractivity contribution in [3.05, 3.63) is 53.6 Å². The summed E-state index contributed by atoms with van der Waals surface area (Å²) in [5, 5.41) is 13.1. The highest BCUT2D eigenvalue weighted by Gasteiger charge is 2.36. The monoisotopic (exact) mass is 535 g/mol. The molecule has 1 fully saturated rings. The van der Waals surface area contributed by atoms with Crippen LogP contribution in [-0.4, -0.2) is 50.6 Å². The normalized spacial score (nSPS) is 16.3. The summed E-state index contributed by atoms with van der Waals surface area (Å²) < 4.78 is 16.2. The molecule has 2 aromatic rings. The first kappa shape index (κ1) is 29.8. The number of methoxy groups -OCH3 is 3. The Balaban J connectivity index is 1.56. The molecule has 1 aliphatic rings. The van der Waals surface area contributed by atoms with Gasteiger partial charge in [0.25, 0.3) is 0 Å². The third kappa shape index (κ3) is 6.83. The molecule has 1 heterocycles. The summed E-state index contributed by atoms with van der Waals surface area (Å²) in [7, 11) is 4.64. The van der Waals surface area contributed by atoms with Crippen molar-refractivity contribution in [1.29, 1.82) is 5.26 Å². The molecule has 39 heavy (non-hydrogen) atoms. The summed E-state index contributed by atoms with van der Waals surface area (Å²) in [6.45, 7) is 5.01. The van der Waals surface area contributed by atoms with Gasteiger partial charge in [-0.05, 0) is 54.9 Å². The Bertz CT molecular complexity index is 1140. The molecule has 0 aliphatic carbocycles. The molecular weight excluding hydrogens is 494 g/mol. The van der Waals surface area contributed by atoms with E-state index in [1.54, 1.807) is 38.4 Å². The summed E-state index contributed by atoms with van der Waals surface area (Å²) in [4.78, 5) is 27.9. The fourth-order valence-corrected chi connectivity index (χ4v) is 5.46. The quantitative estimate of drug-likeness (QED) is 0.363. The number of hydrogen-bond acceptors (Lipinski definition) is 6. The van der Waals surface area contributed by atoms with Crippen LogP contribution in [0.3, 0.4) is 0 Å². The second-order valence-corrected chi connectivity index (χ2v) is 10.3. The molecule has 3 rings (SSSR count). The van der Waals surface area contributed by atoms with E-state index >= 15 is 0 Å². The zero-order valence-corrected chi connectivity index (χ0v) is 23.8. The number of likely N-dealkylation sites (tertiary alicyclic amines) is 1. The number of hydrogen-bond donors (Lipinski definition) is 1. The van der Waals surface area contributed by atoms with Gasteiger partial charge in [-0.2, -0.15) is 5.26 Å². The number of carbonyl (C=O) groups is 2. The summed E-state index contributed by atoms with van der Waals surface area (Å²) in [5.41, 5.74) is 1.25. The van der Waals surface area contributed by atoms with E-state index in [4.69, 9.17) is 14.2 Å². The number of carbonyl (C=O) groups excluding carboxylic acids is 2. The molecule has 1 saturated heterocycles. The van der Waals surface area contributed by atoms with Crippen LogP contribution in [0, 0.1) is 17.2 Å². The molecular formula is C31H41N3O5. The van der Waals surface area contributed by atoms with Gasteiger partial charge < -0.3 is 24.4 Å². The second-order valence-electron chi connectivity index (χ2n) is 10.3. The van der Waals surface area contributed by atoms with E-state index in [0.717, 1.165) is 24.0 Å². The summed E-state index contributed by atoms with van der Waals surface area (Å²) in [6, 6.07) is 15.6. The van der Waals surface area contributed by atoms with Crippen LogP contribution in [0.4, 0.5) is 0 Å². The van der Waals surface area contributed by atoms with Gasteiger partial charge in [0.2, 0.25) is 17.6 Å². The fourth-order valence-electron chi connectivity index (χ4n) is 5.46. The maximum absolute atomic E-state index is 13.1. The second kappa shape index (κ2) is 13.9. The predicted molar refractivity (Wildman–Crippen MR) is 150 cm³/mol. The molecule has 8 heteroatoms. The van der Waals surface area contributed by atoms with Crippen molar-refractivity contribution in [2.75, 3.05) is 27.9 Å². The number of unbranched alkanes of at least 4 members (excludes halogenated alkanes) is 1. The number of nitrogens with zero attached hydrogens (tertiary/aromatic N) is 2. The minimum absolute atomic E-state index is 0.00717. The third-order valence-electron chi connectivity index (χ3n) is 7.75. The average molecular weight is 536 g/mol. The van der Waals surface area contributed by atoms with E-state index in [2.05, 4.69) is 25.2 Å². The van der Waals surface area contributed by atoms with E-state index < -0.39 is 11.5 Å². The molecule has 2 atom stereocenters. The highest BCUT2D eigenvalue weighted by Crippen LogP contribution is 2.39. The number of rotatable bonds is 13. The van der Waals surface area contributed by atoms with Gasteiger partial charge in [0.1, 0.15) is 6.04 Å². The molecule has 0 aromatic heterocycles. The lowest BCUT2D eigenvalue weighted by Gasteiger charge is -2.31. The van der Waals surface area contributed by atoms with Crippen LogP contribution in [-0.2, 0) is 21.5 Å². The van der Waals surface area contributed by atoms with Crippen molar-refractivity contribution in [3.8, 4) is 23.3 Å². The predicted octanol–water partition coefficient (Wildman–Crippen LogP) is 5.00. The SMILES string of the molecule is COc1cc(CNC(=O)[C@H]2CCCN2C(=O)CCCC[C@@](C#N)(c2ccccc2)C(C)C)cc(OC)c1OC. The van der Waals surface area contributed by atoms with Gasteiger partial charge in [0.15, 0.2) is 11.5 Å². The van der Waals surface area contributed by atoms with Crippen molar-refractivity contribution in [1.82, 2.24) is 10.2 Å². The smallest absolute Gasteiger partial charge is 0.243 e. The largest absolute Gasteiger partial charge is 0.493 e. The van der Waals surface area contributed by atoms with E-state index in [-0.39, 0.29) is 24.3 Å². The number of benzene rings is 2. The molecule has 0 radical (unpaired) electrons. The van der Waals surface area contributed by atoms with Crippen LogP contribution < -0.4 is 19.5 Å². The van der Waals surface area contributed by atoms with E-state index in [1.165, 1.54) is 0 Å². The lowest BCUT2D eigenvalue weighted by atomic mass is 9.69. The molecule has 1 aliphatic heterocycles. The Labute approximate surface area is 232 Å². The van der Waals surface area contributed by atoms with Crippen LogP contribution in [0.15, 0.2) is 42.5 Å². The standard InChI is InChI=1S/C31H41N3O5/c1-22(2)31(21-32,24-12-7-6-8-13-24)16-10-9-15-28(35)34-17-11-14-25(34)30(36)33-20-23-18-26(37-3)29(39-5)27(19-23)38-4/h6-8,12-13,18-19,22,25H,9-11,14-17,20H2,1-5H3,(H,33,36)/t25-,31+/m1/s1. The zero-order valence-electron chi connectivity index (χ0n) is 23.8.